The van der Waals surface area contributed by atoms with Crippen LogP contribution >= 0.6 is 55.1 Å². The van der Waals surface area contributed by atoms with Crippen molar-refractivity contribution in [2.24, 2.45) is 0 Å². The van der Waals surface area contributed by atoms with Crippen LogP contribution in [0.15, 0.2) is 44.2 Å². The highest BCUT2D eigenvalue weighted by Crippen LogP contribution is 2.26. The molecule has 0 saturated carbocycles. The summed E-state index contributed by atoms with van der Waals surface area (Å²) in [5, 5.41) is 0.957. The SMILES string of the molecule is O=c1c(Br)cc(Br)cn1Cc1cccc(Cl)c1Cl. The lowest BCUT2D eigenvalue weighted by Crippen LogP contribution is -2.20. The number of halogens is 4. The van der Waals surface area contributed by atoms with E-state index in [0.717, 1.165) is 10.0 Å². The molecule has 0 amide bonds. The molecule has 2 aromatic rings. The fraction of sp³-hybridized carbons (Fsp3) is 0.0833. The topological polar surface area (TPSA) is 22.0 Å². The molecule has 2 nitrogen and oxygen atoms in total. The molecule has 94 valence electrons. The van der Waals surface area contributed by atoms with Crippen molar-refractivity contribution in [2.75, 3.05) is 0 Å². The van der Waals surface area contributed by atoms with E-state index in [-0.39, 0.29) is 5.56 Å². The Morgan fingerprint density at radius 2 is 1.94 bits per heavy atom. The number of nitrogens with zero attached hydrogens (tertiary/aromatic N) is 1. The maximum absolute atomic E-state index is 11.9. The van der Waals surface area contributed by atoms with Gasteiger partial charge in [-0.1, -0.05) is 35.3 Å². The summed E-state index contributed by atoms with van der Waals surface area (Å²) in [5.41, 5.74) is 0.686. The summed E-state index contributed by atoms with van der Waals surface area (Å²) < 4.78 is 2.87. The van der Waals surface area contributed by atoms with Crippen LogP contribution in [0.2, 0.25) is 10.0 Å². The summed E-state index contributed by atoms with van der Waals surface area (Å²) in [5.74, 6) is 0. The zero-order valence-electron chi connectivity index (χ0n) is 8.96. The molecule has 2 rings (SSSR count). The van der Waals surface area contributed by atoms with E-state index in [9.17, 15) is 4.79 Å². The first kappa shape index (κ1) is 14.1. The zero-order chi connectivity index (χ0) is 13.3. The third-order valence-electron chi connectivity index (χ3n) is 2.38. The van der Waals surface area contributed by atoms with Crippen molar-refractivity contribution in [2.45, 2.75) is 6.54 Å². The maximum atomic E-state index is 11.9. The van der Waals surface area contributed by atoms with E-state index in [1.165, 1.54) is 0 Å². The van der Waals surface area contributed by atoms with E-state index in [0.29, 0.717) is 21.1 Å². The van der Waals surface area contributed by atoms with Gasteiger partial charge in [0, 0.05) is 10.7 Å². The molecule has 0 N–H and O–H groups in total. The zero-order valence-corrected chi connectivity index (χ0v) is 13.6. The second kappa shape index (κ2) is 5.78. The first-order valence-corrected chi connectivity index (χ1v) is 7.31. The first-order valence-electron chi connectivity index (χ1n) is 4.97. The van der Waals surface area contributed by atoms with E-state index in [1.807, 2.05) is 12.1 Å². The second-order valence-electron chi connectivity index (χ2n) is 3.65. The van der Waals surface area contributed by atoms with Crippen molar-refractivity contribution in [3.05, 3.63) is 65.4 Å². The minimum absolute atomic E-state index is 0.116. The average molecular weight is 412 g/mol. The van der Waals surface area contributed by atoms with Crippen molar-refractivity contribution in [1.29, 1.82) is 0 Å². The van der Waals surface area contributed by atoms with Gasteiger partial charge in [-0.25, -0.2) is 0 Å². The second-order valence-corrected chi connectivity index (χ2v) is 6.21. The highest BCUT2D eigenvalue weighted by atomic mass is 79.9. The summed E-state index contributed by atoms with van der Waals surface area (Å²) in [6.45, 7) is 0.371. The Morgan fingerprint density at radius 1 is 1.22 bits per heavy atom. The van der Waals surface area contributed by atoms with Gasteiger partial charge in [0.05, 0.1) is 21.1 Å². The van der Waals surface area contributed by atoms with Gasteiger partial charge >= 0.3 is 0 Å². The van der Waals surface area contributed by atoms with Crippen LogP contribution in [0.1, 0.15) is 5.56 Å². The van der Waals surface area contributed by atoms with Gasteiger partial charge in [0.1, 0.15) is 0 Å². The van der Waals surface area contributed by atoms with Crippen molar-refractivity contribution >= 4 is 55.1 Å². The molecular formula is C12H7Br2Cl2NO. The normalized spacial score (nSPS) is 10.7. The molecular weight excluding hydrogens is 405 g/mol. The monoisotopic (exact) mass is 409 g/mol. The van der Waals surface area contributed by atoms with Crippen LogP contribution in [-0.2, 0) is 6.54 Å². The molecule has 1 heterocycles. The van der Waals surface area contributed by atoms with Crippen LogP contribution in [0.3, 0.4) is 0 Å². The molecule has 0 aliphatic heterocycles. The fourth-order valence-electron chi connectivity index (χ4n) is 1.54. The largest absolute Gasteiger partial charge is 0.309 e. The standard InChI is InChI=1S/C12H7Br2Cl2NO/c13-8-4-9(14)12(18)17(6-8)5-7-2-1-3-10(15)11(7)16/h1-4,6H,5H2. The quantitative estimate of drug-likeness (QED) is 0.700. The Kier molecular flexibility index (Phi) is 4.54. The van der Waals surface area contributed by atoms with E-state index >= 15 is 0 Å². The lowest BCUT2D eigenvalue weighted by Gasteiger charge is -2.09. The minimum atomic E-state index is -0.116. The number of hydrogen-bond acceptors (Lipinski definition) is 1. The minimum Gasteiger partial charge on any atom is -0.309 e. The third kappa shape index (κ3) is 2.99. The lowest BCUT2D eigenvalue weighted by molar-refractivity contribution is 0.752. The predicted octanol–water partition coefficient (Wildman–Crippen LogP) is 4.73. The Balaban J connectivity index is 2.46. The molecule has 0 radical (unpaired) electrons. The van der Waals surface area contributed by atoms with Crippen LogP contribution in [0.25, 0.3) is 0 Å². The first-order chi connectivity index (χ1) is 8.49. The molecule has 0 aliphatic carbocycles. The molecule has 1 aromatic carbocycles. The van der Waals surface area contributed by atoms with Crippen molar-refractivity contribution in [3.63, 3.8) is 0 Å². The summed E-state index contributed by atoms with van der Waals surface area (Å²) in [6, 6.07) is 7.07. The van der Waals surface area contributed by atoms with Gasteiger partial charge in [-0.15, -0.1) is 0 Å². The van der Waals surface area contributed by atoms with Crippen LogP contribution in [-0.4, -0.2) is 4.57 Å². The van der Waals surface area contributed by atoms with Gasteiger partial charge < -0.3 is 4.57 Å². The van der Waals surface area contributed by atoms with Crippen molar-refractivity contribution < 1.29 is 0 Å². The molecule has 0 atom stereocenters. The predicted molar refractivity (Wildman–Crippen MR) is 81.7 cm³/mol. The molecule has 6 heteroatoms. The number of pyridine rings is 1. The van der Waals surface area contributed by atoms with Crippen LogP contribution < -0.4 is 5.56 Å². The number of hydrogen-bond donors (Lipinski definition) is 0. The van der Waals surface area contributed by atoms with Gasteiger partial charge in [-0.2, -0.15) is 0 Å². The molecule has 0 fully saturated rings. The van der Waals surface area contributed by atoms with Gasteiger partial charge in [-0.3, -0.25) is 4.79 Å². The summed E-state index contributed by atoms with van der Waals surface area (Å²) >= 11 is 18.6. The molecule has 0 aliphatic rings. The van der Waals surface area contributed by atoms with Gasteiger partial charge in [0.25, 0.3) is 5.56 Å². The lowest BCUT2D eigenvalue weighted by atomic mass is 10.2. The van der Waals surface area contributed by atoms with E-state index in [2.05, 4.69) is 31.9 Å². The number of rotatable bonds is 2. The molecule has 0 bridgehead atoms. The van der Waals surface area contributed by atoms with E-state index in [1.54, 1.807) is 22.9 Å². The molecule has 18 heavy (non-hydrogen) atoms. The van der Waals surface area contributed by atoms with E-state index < -0.39 is 0 Å². The summed E-state index contributed by atoms with van der Waals surface area (Å²) in [7, 11) is 0. The van der Waals surface area contributed by atoms with Gasteiger partial charge in [0.15, 0.2) is 0 Å². The highest BCUT2D eigenvalue weighted by Gasteiger charge is 2.08. The number of aromatic nitrogens is 1. The van der Waals surface area contributed by atoms with Crippen molar-refractivity contribution in [3.8, 4) is 0 Å². The Labute approximate surface area is 131 Å². The van der Waals surface area contributed by atoms with Crippen LogP contribution in [0.5, 0.6) is 0 Å². The Bertz CT molecular complexity index is 655. The fourth-order valence-corrected chi connectivity index (χ4v) is 3.17. The van der Waals surface area contributed by atoms with E-state index in [4.69, 9.17) is 23.2 Å². The summed E-state index contributed by atoms with van der Waals surface area (Å²) in [4.78, 5) is 11.9. The van der Waals surface area contributed by atoms with Gasteiger partial charge in [0.2, 0.25) is 0 Å². The smallest absolute Gasteiger partial charge is 0.265 e. The molecule has 0 spiro atoms. The highest BCUT2D eigenvalue weighted by molar-refractivity contribution is 9.11. The molecule has 0 unspecified atom stereocenters. The Hall–Kier alpha value is -0.290. The van der Waals surface area contributed by atoms with Crippen LogP contribution in [0, 0.1) is 0 Å². The van der Waals surface area contributed by atoms with Crippen molar-refractivity contribution in [1.82, 2.24) is 4.57 Å². The van der Waals surface area contributed by atoms with Gasteiger partial charge in [-0.05, 0) is 49.6 Å². The molecule has 1 aromatic heterocycles. The number of benzene rings is 1. The molecule has 0 saturated heterocycles. The third-order valence-corrected chi connectivity index (χ3v) is 4.24. The summed E-state index contributed by atoms with van der Waals surface area (Å²) in [6.07, 6.45) is 1.71. The Morgan fingerprint density at radius 3 is 2.67 bits per heavy atom. The van der Waals surface area contributed by atoms with Crippen LogP contribution in [0.4, 0.5) is 0 Å². The average Bonchev–Trinajstić information content (AvgIpc) is 2.31. The maximum Gasteiger partial charge on any atom is 0.265 e.